The van der Waals surface area contributed by atoms with E-state index in [4.69, 9.17) is 0 Å². The Kier molecular flexibility index (Phi) is 4.33. The minimum Gasteiger partial charge on any atom is -0.325 e. The van der Waals surface area contributed by atoms with E-state index in [9.17, 15) is 13.2 Å². The molecule has 0 radical (unpaired) electrons. The second-order valence-electron chi connectivity index (χ2n) is 5.78. The van der Waals surface area contributed by atoms with Crippen LogP contribution >= 0.6 is 0 Å². The Morgan fingerprint density at radius 2 is 2.08 bits per heavy atom. The number of benzene rings is 1. The van der Waals surface area contributed by atoms with Gasteiger partial charge in [-0.1, -0.05) is 6.07 Å². The smallest absolute Gasteiger partial charge is 0.245 e. The second kappa shape index (κ2) is 6.29. The fourth-order valence-electron chi connectivity index (χ4n) is 2.85. The Hall–Kier alpha value is -2.33. The van der Waals surface area contributed by atoms with Gasteiger partial charge in [0, 0.05) is 11.9 Å². The minimum atomic E-state index is -3.55. The van der Waals surface area contributed by atoms with Gasteiger partial charge in [0.15, 0.2) is 14.6 Å². The van der Waals surface area contributed by atoms with Crippen LogP contribution in [0.1, 0.15) is 12.8 Å². The van der Waals surface area contributed by atoms with Crippen molar-refractivity contribution in [2.45, 2.75) is 17.6 Å². The van der Waals surface area contributed by atoms with Crippen molar-refractivity contribution in [1.29, 1.82) is 0 Å². The molecule has 10 heteroatoms. The summed E-state index contributed by atoms with van der Waals surface area (Å²) in [5.74, 6) is -0.500. The van der Waals surface area contributed by atoms with Crippen LogP contribution in [-0.4, -0.2) is 58.6 Å². The molecule has 0 spiro atoms. The normalized spacial score (nSPS) is 17.4. The molecule has 1 aromatic carbocycles. The molecule has 2 N–H and O–H groups in total. The first kappa shape index (κ1) is 16.5. The second-order valence-corrected chi connectivity index (χ2v) is 8.10. The molecule has 1 aromatic heterocycles. The zero-order valence-electron chi connectivity index (χ0n) is 13.1. The zero-order chi connectivity index (χ0) is 17.2. The quantitative estimate of drug-likeness (QED) is 0.781. The molecule has 1 amide bonds. The van der Waals surface area contributed by atoms with Gasteiger partial charge in [-0.2, -0.15) is 0 Å². The number of hydrogen-bond donors (Lipinski definition) is 2. The number of carbonyl (C=O) groups is 1. The Morgan fingerprint density at radius 1 is 1.33 bits per heavy atom. The number of nitrogens with zero attached hydrogens (tertiary/aromatic N) is 4. The lowest BCUT2D eigenvalue weighted by Crippen LogP contribution is -2.55. The molecule has 1 fully saturated rings. The highest BCUT2D eigenvalue weighted by Gasteiger charge is 2.48. The lowest BCUT2D eigenvalue weighted by Gasteiger charge is -2.34. The first-order valence-corrected chi connectivity index (χ1v) is 9.37. The van der Waals surface area contributed by atoms with Crippen molar-refractivity contribution in [1.82, 2.24) is 25.5 Å². The first-order valence-electron chi connectivity index (χ1n) is 7.48. The average molecular weight is 350 g/mol. The molecule has 0 saturated carbocycles. The van der Waals surface area contributed by atoms with Crippen LogP contribution in [0.5, 0.6) is 0 Å². The molecule has 1 saturated heterocycles. The predicted octanol–water partition coefficient (Wildman–Crippen LogP) is -0.232. The third-order valence-corrected chi connectivity index (χ3v) is 6.27. The van der Waals surface area contributed by atoms with Gasteiger partial charge in [0.25, 0.3) is 0 Å². The van der Waals surface area contributed by atoms with E-state index >= 15 is 0 Å². The summed E-state index contributed by atoms with van der Waals surface area (Å²) in [4.78, 5) is 12.8. The summed E-state index contributed by atoms with van der Waals surface area (Å²) >= 11 is 0. The number of hydrogen-bond acceptors (Lipinski definition) is 7. The summed E-state index contributed by atoms with van der Waals surface area (Å²) in [5.41, 5.74) is 1.16. The highest BCUT2D eigenvalue weighted by atomic mass is 32.2. The lowest BCUT2D eigenvalue weighted by atomic mass is 9.95. The van der Waals surface area contributed by atoms with Crippen molar-refractivity contribution in [2.24, 2.45) is 0 Å². The van der Waals surface area contributed by atoms with Crippen LogP contribution < -0.4 is 10.6 Å². The van der Waals surface area contributed by atoms with E-state index in [2.05, 4.69) is 26.2 Å². The average Bonchev–Trinajstić information content (AvgIpc) is 3.09. The molecular formula is C14H18N6O3S. The summed E-state index contributed by atoms with van der Waals surface area (Å²) in [7, 11) is -3.55. The van der Waals surface area contributed by atoms with E-state index in [1.807, 2.05) is 0 Å². The largest absolute Gasteiger partial charge is 0.325 e. The highest BCUT2D eigenvalue weighted by molar-refractivity contribution is 7.92. The Bertz CT molecular complexity index is 828. The van der Waals surface area contributed by atoms with E-state index in [1.54, 1.807) is 24.3 Å². The van der Waals surface area contributed by atoms with Crippen LogP contribution in [-0.2, 0) is 14.6 Å². The van der Waals surface area contributed by atoms with Crippen molar-refractivity contribution in [3.05, 3.63) is 30.6 Å². The number of carbonyl (C=O) groups excluding carboxylic acids is 1. The molecule has 9 nitrogen and oxygen atoms in total. The molecule has 1 aliphatic rings. The van der Waals surface area contributed by atoms with Gasteiger partial charge in [-0.25, -0.2) is 13.1 Å². The maximum Gasteiger partial charge on any atom is 0.245 e. The fourth-order valence-corrected chi connectivity index (χ4v) is 4.18. The maximum atomic E-state index is 12.8. The highest BCUT2D eigenvalue weighted by Crippen LogP contribution is 2.29. The molecule has 2 heterocycles. The van der Waals surface area contributed by atoms with Crippen LogP contribution in [0.25, 0.3) is 5.69 Å². The number of anilines is 1. The van der Waals surface area contributed by atoms with Crippen LogP contribution in [0.15, 0.2) is 30.6 Å². The Balaban J connectivity index is 1.87. The van der Waals surface area contributed by atoms with E-state index in [0.29, 0.717) is 24.5 Å². The van der Waals surface area contributed by atoms with Crippen molar-refractivity contribution in [3.63, 3.8) is 0 Å². The SMILES string of the molecule is CS(=O)(=O)C1(C(=O)Nc2cccc(-n3cnnn3)c2)CCNCC1. The summed E-state index contributed by atoms with van der Waals surface area (Å²) in [5, 5.41) is 16.7. The van der Waals surface area contributed by atoms with Gasteiger partial charge in [-0.05, 0) is 54.6 Å². The Labute approximate surface area is 139 Å². The van der Waals surface area contributed by atoms with Gasteiger partial charge in [-0.3, -0.25) is 4.79 Å². The summed E-state index contributed by atoms with van der Waals surface area (Å²) < 4.78 is 24.6. The zero-order valence-corrected chi connectivity index (χ0v) is 14.0. The third-order valence-electron chi connectivity index (χ3n) is 4.25. The molecule has 3 rings (SSSR count). The van der Waals surface area contributed by atoms with E-state index in [1.165, 1.54) is 11.0 Å². The van der Waals surface area contributed by atoms with Gasteiger partial charge in [-0.15, -0.1) is 5.10 Å². The Morgan fingerprint density at radius 3 is 2.71 bits per heavy atom. The molecule has 1 aliphatic heterocycles. The number of aromatic nitrogens is 4. The van der Waals surface area contributed by atoms with Crippen LogP contribution in [0.4, 0.5) is 5.69 Å². The van der Waals surface area contributed by atoms with Gasteiger partial charge in [0.1, 0.15) is 6.33 Å². The summed E-state index contributed by atoms with van der Waals surface area (Å²) in [6.07, 6.45) is 3.07. The third kappa shape index (κ3) is 3.02. The summed E-state index contributed by atoms with van der Waals surface area (Å²) in [6.45, 7) is 0.982. The van der Waals surface area contributed by atoms with Crippen molar-refractivity contribution in [3.8, 4) is 5.69 Å². The van der Waals surface area contributed by atoms with Crippen LogP contribution in [0.3, 0.4) is 0 Å². The van der Waals surface area contributed by atoms with Gasteiger partial charge >= 0.3 is 0 Å². The van der Waals surface area contributed by atoms with Crippen LogP contribution in [0, 0.1) is 0 Å². The van der Waals surface area contributed by atoms with Crippen molar-refractivity contribution < 1.29 is 13.2 Å². The van der Waals surface area contributed by atoms with E-state index in [-0.39, 0.29) is 12.8 Å². The monoisotopic (exact) mass is 350 g/mol. The number of piperidine rings is 1. The maximum absolute atomic E-state index is 12.8. The number of sulfone groups is 1. The van der Waals surface area contributed by atoms with Crippen LogP contribution in [0.2, 0.25) is 0 Å². The fraction of sp³-hybridized carbons (Fsp3) is 0.429. The molecule has 24 heavy (non-hydrogen) atoms. The molecule has 0 bridgehead atoms. The molecular weight excluding hydrogens is 332 g/mol. The number of rotatable bonds is 4. The molecule has 0 aliphatic carbocycles. The van der Waals surface area contributed by atoms with Crippen molar-refractivity contribution >= 4 is 21.4 Å². The minimum absolute atomic E-state index is 0.254. The molecule has 0 unspecified atom stereocenters. The van der Waals surface area contributed by atoms with E-state index < -0.39 is 20.5 Å². The molecule has 0 atom stereocenters. The molecule has 128 valence electrons. The summed E-state index contributed by atoms with van der Waals surface area (Å²) in [6, 6.07) is 6.90. The predicted molar refractivity (Wildman–Crippen MR) is 87.5 cm³/mol. The number of tetrazole rings is 1. The van der Waals surface area contributed by atoms with Crippen molar-refractivity contribution in [2.75, 3.05) is 24.7 Å². The first-order chi connectivity index (χ1) is 11.4. The number of amides is 1. The van der Waals surface area contributed by atoms with Gasteiger partial charge in [0.2, 0.25) is 5.91 Å². The number of nitrogens with one attached hydrogen (secondary N) is 2. The standard InChI is InChI=1S/C14H18N6O3S/c1-24(22,23)14(5-7-15-8-6-14)13(21)17-11-3-2-4-12(9-11)20-10-16-18-19-20/h2-4,9-10,15H,5-8H2,1H3,(H,17,21). The van der Waals surface area contributed by atoms with E-state index in [0.717, 1.165) is 6.26 Å². The molecule has 2 aromatic rings. The lowest BCUT2D eigenvalue weighted by molar-refractivity contribution is -0.119. The van der Waals surface area contributed by atoms with Gasteiger partial charge in [0.05, 0.1) is 5.69 Å². The van der Waals surface area contributed by atoms with Gasteiger partial charge < -0.3 is 10.6 Å². The topological polar surface area (TPSA) is 119 Å².